The zero-order chi connectivity index (χ0) is 19.1. The maximum absolute atomic E-state index is 11.7. The number of nitrogens with zero attached hydrogens (tertiary/aromatic N) is 1. The Morgan fingerprint density at radius 2 is 1.96 bits per heavy atom. The molecular weight excluding hydrogens is 378 g/mol. The van der Waals surface area contributed by atoms with Crippen LogP contribution in [-0.4, -0.2) is 18.1 Å². The number of hydrogen-bond acceptors (Lipinski definition) is 5. The van der Waals surface area contributed by atoms with Gasteiger partial charge in [0.25, 0.3) is 0 Å². The van der Waals surface area contributed by atoms with Crippen LogP contribution < -0.4 is 10.5 Å². The van der Waals surface area contributed by atoms with Crippen molar-refractivity contribution < 1.29 is 8.42 Å². The van der Waals surface area contributed by atoms with Gasteiger partial charge in [-0.05, 0) is 36.3 Å². The van der Waals surface area contributed by atoms with Gasteiger partial charge in [0.2, 0.25) is 10.0 Å². The van der Waals surface area contributed by atoms with E-state index < -0.39 is 14.8 Å². The molecule has 2 aromatic carbocycles. The van der Waals surface area contributed by atoms with Crippen molar-refractivity contribution in [2.75, 3.05) is 5.32 Å². The Bertz CT molecular complexity index is 1180. The van der Waals surface area contributed by atoms with E-state index in [1.165, 1.54) is 22.1 Å². The topological polar surface area (TPSA) is 85.1 Å². The molecule has 0 saturated heterocycles. The van der Waals surface area contributed by atoms with E-state index in [-0.39, 0.29) is 0 Å². The minimum atomic E-state index is -3.64. The van der Waals surface area contributed by atoms with Gasteiger partial charge in [0.15, 0.2) is 5.13 Å². The Morgan fingerprint density at radius 3 is 2.67 bits per heavy atom. The summed E-state index contributed by atoms with van der Waals surface area (Å²) in [5, 5.41) is 13.7. The van der Waals surface area contributed by atoms with E-state index >= 15 is 0 Å². The van der Waals surface area contributed by atoms with Crippen LogP contribution in [0.5, 0.6) is 0 Å². The van der Waals surface area contributed by atoms with Gasteiger partial charge in [-0.3, -0.25) is 0 Å². The zero-order valence-electron chi connectivity index (χ0n) is 14.7. The van der Waals surface area contributed by atoms with Gasteiger partial charge < -0.3 is 5.32 Å². The predicted octanol–water partition coefficient (Wildman–Crippen LogP) is 4.27. The van der Waals surface area contributed by atoms with Crippen LogP contribution in [0.2, 0.25) is 0 Å². The van der Waals surface area contributed by atoms with Crippen molar-refractivity contribution in [3.63, 3.8) is 0 Å². The largest absolute Gasteiger partial charge is 0.332 e. The molecule has 0 spiro atoms. The Balaban J connectivity index is 1.53. The van der Waals surface area contributed by atoms with Crippen LogP contribution in [0.3, 0.4) is 0 Å². The first-order valence-corrected chi connectivity index (χ1v) is 10.9. The first-order chi connectivity index (χ1) is 12.8. The highest BCUT2D eigenvalue weighted by Crippen LogP contribution is 2.31. The monoisotopic (exact) mass is 397 g/mol. The lowest BCUT2D eigenvalue weighted by atomic mass is 10.0. The second-order valence-corrected chi connectivity index (χ2v) is 9.66. The molecule has 0 aliphatic heterocycles. The molecule has 4 rings (SSSR count). The third-order valence-corrected chi connectivity index (χ3v) is 7.15. The van der Waals surface area contributed by atoms with Crippen LogP contribution in [0, 0.1) is 0 Å². The molecule has 1 atom stereocenters. The summed E-state index contributed by atoms with van der Waals surface area (Å²) in [4.78, 5) is 4.66. The molecule has 0 bridgehead atoms. The molecule has 1 aromatic heterocycles. The van der Waals surface area contributed by atoms with Crippen LogP contribution in [0.4, 0.5) is 5.13 Å². The Hall–Kier alpha value is -2.48. The molecule has 0 fully saturated rings. The zero-order valence-corrected chi connectivity index (χ0v) is 16.3. The molecule has 138 valence electrons. The molecule has 0 saturated carbocycles. The van der Waals surface area contributed by atoms with Crippen LogP contribution in [0.15, 0.2) is 71.8 Å². The molecular formula is C20H19N3O2S2. The highest BCUT2D eigenvalue weighted by molar-refractivity contribution is 7.90. The number of nitrogens with two attached hydrogens (primary N) is 1. The maximum Gasteiger partial charge on any atom is 0.218 e. The predicted molar refractivity (Wildman–Crippen MR) is 112 cm³/mol. The number of rotatable bonds is 4. The molecule has 7 heteroatoms. The molecule has 1 aliphatic carbocycles. The number of nitrogens with one attached hydrogen (secondary N) is 1. The summed E-state index contributed by atoms with van der Waals surface area (Å²) in [6.07, 6.45) is 5.53. The van der Waals surface area contributed by atoms with Crippen molar-refractivity contribution >= 4 is 37.3 Å². The summed E-state index contributed by atoms with van der Waals surface area (Å²) in [7, 11) is -3.64. The van der Waals surface area contributed by atoms with Crippen LogP contribution in [-0.2, 0) is 10.0 Å². The molecule has 0 radical (unpaired) electrons. The number of benzene rings is 2. The van der Waals surface area contributed by atoms with Gasteiger partial charge >= 0.3 is 0 Å². The van der Waals surface area contributed by atoms with Gasteiger partial charge in [-0.2, -0.15) is 0 Å². The SMILES string of the molecule is CC1(S(N)(=O)=O)C=CC(Nc2nc(-c3ccc4ccccc4c3)cs2)=CC1. The Morgan fingerprint density at radius 1 is 1.19 bits per heavy atom. The number of hydrogen-bond donors (Lipinski definition) is 2. The van der Waals surface area contributed by atoms with E-state index in [2.05, 4.69) is 40.6 Å². The van der Waals surface area contributed by atoms with Crippen molar-refractivity contribution in [2.24, 2.45) is 5.14 Å². The fourth-order valence-corrected chi connectivity index (χ4v) is 4.27. The van der Waals surface area contributed by atoms with Gasteiger partial charge in [-0.1, -0.05) is 48.6 Å². The van der Waals surface area contributed by atoms with E-state index in [1.54, 1.807) is 19.1 Å². The fourth-order valence-electron chi connectivity index (χ4n) is 2.95. The Labute approximate surface area is 162 Å². The molecule has 0 amide bonds. The van der Waals surface area contributed by atoms with Crippen molar-refractivity contribution in [3.05, 3.63) is 71.8 Å². The van der Waals surface area contributed by atoms with Gasteiger partial charge in [0.05, 0.1) is 5.69 Å². The first kappa shape index (κ1) is 17.9. The molecule has 1 unspecified atom stereocenters. The lowest BCUT2D eigenvalue weighted by molar-refractivity contribution is 0.564. The summed E-state index contributed by atoms with van der Waals surface area (Å²) in [5.41, 5.74) is 2.78. The van der Waals surface area contributed by atoms with E-state index in [9.17, 15) is 8.42 Å². The van der Waals surface area contributed by atoms with E-state index in [4.69, 9.17) is 5.14 Å². The van der Waals surface area contributed by atoms with Crippen LogP contribution >= 0.6 is 11.3 Å². The second-order valence-electron chi connectivity index (χ2n) is 6.78. The lowest BCUT2D eigenvalue weighted by Crippen LogP contribution is -2.39. The van der Waals surface area contributed by atoms with Crippen molar-refractivity contribution in [1.29, 1.82) is 0 Å². The minimum Gasteiger partial charge on any atom is -0.332 e. The number of sulfonamides is 1. The third kappa shape index (κ3) is 3.53. The third-order valence-electron chi connectivity index (χ3n) is 4.79. The molecule has 1 aliphatic rings. The average molecular weight is 398 g/mol. The van der Waals surface area contributed by atoms with Crippen LogP contribution in [0.25, 0.3) is 22.0 Å². The summed E-state index contributed by atoms with van der Waals surface area (Å²) < 4.78 is 22.3. The van der Waals surface area contributed by atoms with E-state index in [0.717, 1.165) is 22.1 Å². The van der Waals surface area contributed by atoms with Crippen molar-refractivity contribution in [2.45, 2.75) is 18.1 Å². The molecule has 27 heavy (non-hydrogen) atoms. The van der Waals surface area contributed by atoms with E-state index in [1.807, 2.05) is 23.6 Å². The second kappa shape index (κ2) is 6.60. The van der Waals surface area contributed by atoms with Gasteiger partial charge in [0.1, 0.15) is 4.75 Å². The number of fused-ring (bicyclic) bond motifs is 1. The highest BCUT2D eigenvalue weighted by atomic mass is 32.2. The summed E-state index contributed by atoms with van der Waals surface area (Å²) in [5.74, 6) is 0. The molecule has 5 nitrogen and oxygen atoms in total. The number of primary sulfonamides is 1. The van der Waals surface area contributed by atoms with Crippen molar-refractivity contribution in [3.8, 4) is 11.3 Å². The van der Waals surface area contributed by atoms with Crippen LogP contribution in [0.1, 0.15) is 13.3 Å². The molecule has 1 heterocycles. The molecule has 3 N–H and O–H groups in total. The number of aromatic nitrogens is 1. The minimum absolute atomic E-state index is 0.327. The number of anilines is 1. The number of allylic oxidation sites excluding steroid dienone is 2. The normalized spacial score (nSPS) is 19.9. The lowest BCUT2D eigenvalue weighted by Gasteiger charge is -2.25. The summed E-state index contributed by atoms with van der Waals surface area (Å²) in [6, 6.07) is 14.5. The van der Waals surface area contributed by atoms with Gasteiger partial charge in [0, 0.05) is 16.6 Å². The highest BCUT2D eigenvalue weighted by Gasteiger charge is 2.34. The summed E-state index contributed by atoms with van der Waals surface area (Å²) >= 11 is 1.51. The Kier molecular flexibility index (Phi) is 4.38. The van der Waals surface area contributed by atoms with Gasteiger partial charge in [-0.25, -0.2) is 18.5 Å². The summed E-state index contributed by atoms with van der Waals surface area (Å²) in [6.45, 7) is 1.62. The van der Waals surface area contributed by atoms with Crippen molar-refractivity contribution in [1.82, 2.24) is 4.98 Å². The maximum atomic E-state index is 11.7. The first-order valence-electron chi connectivity index (χ1n) is 8.48. The quantitative estimate of drug-likeness (QED) is 0.689. The average Bonchev–Trinajstić information content (AvgIpc) is 3.11. The van der Waals surface area contributed by atoms with E-state index in [0.29, 0.717) is 6.42 Å². The fraction of sp³-hybridized carbons (Fsp3) is 0.150. The standard InChI is InChI=1S/C20H19N3O2S2/c1-20(27(21,24)25)10-8-17(9-11-20)22-19-23-18(13-26-19)16-7-6-14-4-2-3-5-15(14)12-16/h2-10,12-13H,11H2,1H3,(H,22,23)(H2,21,24,25). The smallest absolute Gasteiger partial charge is 0.218 e. The van der Waals surface area contributed by atoms with Gasteiger partial charge in [-0.15, -0.1) is 11.3 Å². The number of thiazole rings is 1. The molecule has 3 aromatic rings.